The van der Waals surface area contributed by atoms with Crippen molar-refractivity contribution in [1.82, 2.24) is 0 Å². The number of hydrogen-bond acceptors (Lipinski definition) is 8. The van der Waals surface area contributed by atoms with Gasteiger partial charge in [0.05, 0.1) is 11.1 Å². The molecular weight excluding hydrogens is 404 g/mol. The number of benzene rings is 2. The molecule has 0 aliphatic rings. The Morgan fingerprint density at radius 3 is 1.29 bits per heavy atom. The molecule has 0 radical (unpaired) electrons. The van der Waals surface area contributed by atoms with Gasteiger partial charge in [0.25, 0.3) is 0 Å². The normalized spacial score (nSPS) is 10.1. The lowest BCUT2D eigenvalue weighted by Crippen LogP contribution is -2.13. The van der Waals surface area contributed by atoms with E-state index < -0.39 is 37.5 Å². The lowest BCUT2D eigenvalue weighted by molar-refractivity contribution is -0.152. The van der Waals surface area contributed by atoms with Gasteiger partial charge >= 0.3 is 23.9 Å². The first-order valence-corrected chi connectivity index (χ1v) is 9.82. The second-order valence-corrected chi connectivity index (χ2v) is 6.42. The van der Waals surface area contributed by atoms with Gasteiger partial charge < -0.3 is 18.9 Å². The summed E-state index contributed by atoms with van der Waals surface area (Å²) >= 11 is 0. The standard InChI is InChI=1S/C23H24O8/c24-20(28-16-30-22(26)18-10-4-1-5-11-18)14-8-3-9-15-21(25)29-17-31-23(27)19-12-6-2-7-13-19/h1-2,4-7,10-13H,3,8-9,14-17H2. The van der Waals surface area contributed by atoms with Gasteiger partial charge in [0.2, 0.25) is 13.6 Å². The molecule has 0 aromatic heterocycles. The van der Waals surface area contributed by atoms with E-state index in [1.807, 2.05) is 0 Å². The fourth-order valence-corrected chi connectivity index (χ4v) is 2.47. The predicted molar refractivity (Wildman–Crippen MR) is 109 cm³/mol. The summed E-state index contributed by atoms with van der Waals surface area (Å²) in [6.45, 7) is -0.888. The Labute approximate surface area is 180 Å². The van der Waals surface area contributed by atoms with Crippen LogP contribution in [0.3, 0.4) is 0 Å². The van der Waals surface area contributed by atoms with Crippen LogP contribution in [0.15, 0.2) is 60.7 Å². The molecule has 0 unspecified atom stereocenters. The lowest BCUT2D eigenvalue weighted by atomic mass is 10.1. The monoisotopic (exact) mass is 428 g/mol. The van der Waals surface area contributed by atoms with E-state index in [0.717, 1.165) is 0 Å². The summed E-state index contributed by atoms with van der Waals surface area (Å²) in [5, 5.41) is 0. The molecule has 0 spiro atoms. The topological polar surface area (TPSA) is 105 Å². The number of unbranched alkanes of at least 4 members (excludes halogenated alkanes) is 2. The van der Waals surface area contributed by atoms with E-state index in [2.05, 4.69) is 0 Å². The number of carbonyl (C=O) groups excluding carboxylic acids is 4. The van der Waals surface area contributed by atoms with E-state index in [-0.39, 0.29) is 12.8 Å². The van der Waals surface area contributed by atoms with Crippen molar-refractivity contribution in [1.29, 1.82) is 0 Å². The van der Waals surface area contributed by atoms with Crippen molar-refractivity contribution in [2.75, 3.05) is 13.6 Å². The van der Waals surface area contributed by atoms with E-state index in [9.17, 15) is 19.2 Å². The van der Waals surface area contributed by atoms with E-state index in [1.54, 1.807) is 60.7 Å². The molecule has 2 aromatic carbocycles. The van der Waals surface area contributed by atoms with Gasteiger partial charge in [-0.25, -0.2) is 9.59 Å². The number of hydrogen-bond donors (Lipinski definition) is 0. The molecule has 0 saturated carbocycles. The predicted octanol–water partition coefficient (Wildman–Crippen LogP) is 3.65. The summed E-state index contributed by atoms with van der Waals surface area (Å²) in [5.74, 6) is -2.12. The smallest absolute Gasteiger partial charge is 0.340 e. The Bertz CT molecular complexity index is 777. The maximum absolute atomic E-state index is 11.7. The highest BCUT2D eigenvalue weighted by atomic mass is 16.7. The molecule has 0 heterocycles. The number of esters is 4. The SMILES string of the molecule is O=C(CCCCCC(=O)OCOC(=O)c1ccccc1)OCOC(=O)c1ccccc1. The quantitative estimate of drug-likeness (QED) is 0.287. The van der Waals surface area contributed by atoms with E-state index in [0.29, 0.717) is 30.4 Å². The zero-order valence-electron chi connectivity index (χ0n) is 17.0. The molecule has 0 amide bonds. The number of rotatable bonds is 12. The zero-order chi connectivity index (χ0) is 22.3. The fraction of sp³-hybridized carbons (Fsp3) is 0.304. The van der Waals surface area contributed by atoms with Gasteiger partial charge in [-0.05, 0) is 37.1 Å². The second kappa shape index (κ2) is 13.5. The van der Waals surface area contributed by atoms with Gasteiger partial charge in [0, 0.05) is 12.8 Å². The minimum absolute atomic E-state index is 0.145. The molecule has 0 atom stereocenters. The second-order valence-electron chi connectivity index (χ2n) is 6.42. The van der Waals surface area contributed by atoms with Crippen LogP contribution in [0, 0.1) is 0 Å². The maximum atomic E-state index is 11.7. The number of carbonyl (C=O) groups is 4. The molecule has 0 aliphatic carbocycles. The summed E-state index contributed by atoms with van der Waals surface area (Å²) in [6.07, 6.45) is 1.93. The van der Waals surface area contributed by atoms with Crippen LogP contribution in [0.25, 0.3) is 0 Å². The molecule has 0 fully saturated rings. The van der Waals surface area contributed by atoms with Gasteiger partial charge in [-0.3, -0.25) is 9.59 Å². The zero-order valence-corrected chi connectivity index (χ0v) is 17.0. The van der Waals surface area contributed by atoms with Crippen molar-refractivity contribution in [2.24, 2.45) is 0 Å². The highest BCUT2D eigenvalue weighted by molar-refractivity contribution is 5.89. The molecule has 8 heteroatoms. The Balaban J connectivity index is 1.46. The van der Waals surface area contributed by atoms with Crippen LogP contribution in [-0.2, 0) is 28.5 Å². The highest BCUT2D eigenvalue weighted by Gasteiger charge is 2.10. The third-order valence-corrected chi connectivity index (χ3v) is 4.10. The third kappa shape index (κ3) is 9.58. The van der Waals surface area contributed by atoms with Gasteiger partial charge in [-0.15, -0.1) is 0 Å². The van der Waals surface area contributed by atoms with Crippen molar-refractivity contribution in [3.63, 3.8) is 0 Å². The summed E-state index contributed by atoms with van der Waals surface area (Å²) in [4.78, 5) is 46.6. The van der Waals surface area contributed by atoms with Gasteiger partial charge in [0.15, 0.2) is 0 Å². The summed E-state index contributed by atoms with van der Waals surface area (Å²) in [7, 11) is 0. The Kier molecular flexibility index (Phi) is 10.3. The summed E-state index contributed by atoms with van der Waals surface area (Å²) < 4.78 is 19.4. The lowest BCUT2D eigenvalue weighted by Gasteiger charge is -2.07. The van der Waals surface area contributed by atoms with Crippen LogP contribution in [0.4, 0.5) is 0 Å². The van der Waals surface area contributed by atoms with Crippen LogP contribution < -0.4 is 0 Å². The molecule has 2 aromatic rings. The molecular formula is C23H24O8. The average molecular weight is 428 g/mol. The van der Waals surface area contributed by atoms with Gasteiger partial charge in [-0.1, -0.05) is 42.8 Å². The molecule has 8 nitrogen and oxygen atoms in total. The molecule has 0 saturated heterocycles. The fourth-order valence-electron chi connectivity index (χ4n) is 2.47. The van der Waals surface area contributed by atoms with Crippen LogP contribution in [0.2, 0.25) is 0 Å². The highest BCUT2D eigenvalue weighted by Crippen LogP contribution is 2.07. The summed E-state index contributed by atoms with van der Waals surface area (Å²) in [5.41, 5.74) is 0.750. The first-order chi connectivity index (χ1) is 15.1. The van der Waals surface area contributed by atoms with Crippen LogP contribution >= 0.6 is 0 Å². The number of ether oxygens (including phenoxy) is 4. The third-order valence-electron chi connectivity index (χ3n) is 4.10. The Morgan fingerprint density at radius 1 is 0.516 bits per heavy atom. The van der Waals surface area contributed by atoms with E-state index >= 15 is 0 Å². The minimum atomic E-state index is -0.568. The first kappa shape index (κ1) is 23.6. The molecule has 0 bridgehead atoms. The largest absolute Gasteiger partial charge is 0.428 e. The molecule has 0 aliphatic heterocycles. The molecule has 2 rings (SSSR count). The van der Waals surface area contributed by atoms with Crippen molar-refractivity contribution in [2.45, 2.75) is 32.1 Å². The van der Waals surface area contributed by atoms with Gasteiger partial charge in [-0.2, -0.15) is 0 Å². The Hall–Kier alpha value is -3.68. The van der Waals surface area contributed by atoms with Crippen molar-refractivity contribution in [3.8, 4) is 0 Å². The van der Waals surface area contributed by atoms with Crippen LogP contribution in [0.5, 0.6) is 0 Å². The maximum Gasteiger partial charge on any atom is 0.340 e. The van der Waals surface area contributed by atoms with Crippen LogP contribution in [0.1, 0.15) is 52.8 Å². The Morgan fingerprint density at radius 2 is 0.903 bits per heavy atom. The minimum Gasteiger partial charge on any atom is -0.428 e. The van der Waals surface area contributed by atoms with Crippen molar-refractivity contribution >= 4 is 23.9 Å². The molecule has 0 N–H and O–H groups in total. The van der Waals surface area contributed by atoms with E-state index in [1.165, 1.54) is 0 Å². The first-order valence-electron chi connectivity index (χ1n) is 9.82. The molecule has 164 valence electrons. The van der Waals surface area contributed by atoms with E-state index in [4.69, 9.17) is 18.9 Å². The molecule has 31 heavy (non-hydrogen) atoms. The van der Waals surface area contributed by atoms with Gasteiger partial charge in [0.1, 0.15) is 0 Å². The average Bonchev–Trinajstić information content (AvgIpc) is 2.80. The summed E-state index contributed by atoms with van der Waals surface area (Å²) in [6, 6.07) is 16.8. The van der Waals surface area contributed by atoms with Crippen LogP contribution in [-0.4, -0.2) is 37.5 Å². The van der Waals surface area contributed by atoms with Crippen molar-refractivity contribution < 1.29 is 38.1 Å². The van der Waals surface area contributed by atoms with Crippen molar-refractivity contribution in [3.05, 3.63) is 71.8 Å².